The monoisotopic (exact) mass is 353 g/mol. The average molecular weight is 353 g/mol. The van der Waals surface area contributed by atoms with Gasteiger partial charge in [-0.2, -0.15) is 0 Å². The van der Waals surface area contributed by atoms with E-state index < -0.39 is 0 Å². The molecule has 5 nitrogen and oxygen atoms in total. The van der Waals surface area contributed by atoms with Crippen LogP contribution in [0.25, 0.3) is 11.0 Å². The minimum atomic E-state index is -0.239. The molecule has 0 unspecified atom stereocenters. The zero-order valence-electron chi connectivity index (χ0n) is 14.3. The largest absolute Gasteiger partial charge is 0.459 e. The molecule has 1 saturated heterocycles. The number of nitrogens with one attached hydrogen (secondary N) is 1. The maximum Gasteiger partial charge on any atom is 0.317 e. The van der Waals surface area contributed by atoms with Crippen LogP contribution in [0.5, 0.6) is 0 Å². The number of furan rings is 1. The lowest BCUT2D eigenvalue weighted by molar-refractivity contribution is 0.193. The Morgan fingerprint density at radius 1 is 1.04 bits per heavy atom. The lowest BCUT2D eigenvalue weighted by atomic mass is 10.2. The number of piperazine rings is 1. The number of anilines is 1. The molecule has 2 heterocycles. The fraction of sp³-hybridized carbons (Fsp3) is 0.250. The molecule has 1 aliphatic heterocycles. The molecule has 0 saturated carbocycles. The van der Waals surface area contributed by atoms with E-state index in [2.05, 4.69) is 10.2 Å². The molecule has 0 spiro atoms. The van der Waals surface area contributed by atoms with Crippen molar-refractivity contribution in [3.8, 4) is 0 Å². The van der Waals surface area contributed by atoms with Crippen molar-refractivity contribution in [1.82, 2.24) is 10.2 Å². The number of para-hydroxylation sites is 1. The molecule has 134 valence electrons. The van der Waals surface area contributed by atoms with Gasteiger partial charge < -0.3 is 19.5 Å². The zero-order chi connectivity index (χ0) is 17.9. The summed E-state index contributed by atoms with van der Waals surface area (Å²) in [6, 6.07) is 16.1. The van der Waals surface area contributed by atoms with Gasteiger partial charge in [-0.3, -0.25) is 0 Å². The number of carbonyl (C=O) groups is 1. The molecule has 0 bridgehead atoms. The van der Waals surface area contributed by atoms with Gasteiger partial charge in [0.15, 0.2) is 0 Å². The Balaban J connectivity index is 1.30. The number of hydrogen-bond acceptors (Lipinski definition) is 3. The first kappa shape index (κ1) is 16.4. The molecule has 0 aliphatic carbocycles. The van der Waals surface area contributed by atoms with E-state index in [1.165, 1.54) is 12.1 Å². The first-order chi connectivity index (χ1) is 12.7. The number of halogens is 1. The van der Waals surface area contributed by atoms with Gasteiger partial charge in [0, 0.05) is 37.3 Å². The Morgan fingerprint density at radius 3 is 2.50 bits per heavy atom. The van der Waals surface area contributed by atoms with E-state index in [0.29, 0.717) is 19.6 Å². The molecule has 0 radical (unpaired) electrons. The van der Waals surface area contributed by atoms with Crippen LogP contribution in [-0.2, 0) is 6.54 Å². The average Bonchev–Trinajstić information content (AvgIpc) is 3.10. The summed E-state index contributed by atoms with van der Waals surface area (Å²) in [7, 11) is 0. The Morgan fingerprint density at radius 2 is 1.77 bits per heavy atom. The van der Waals surface area contributed by atoms with Crippen LogP contribution in [0.3, 0.4) is 0 Å². The van der Waals surface area contributed by atoms with Crippen molar-refractivity contribution in [1.29, 1.82) is 0 Å². The molecule has 26 heavy (non-hydrogen) atoms. The smallest absolute Gasteiger partial charge is 0.317 e. The molecule has 0 atom stereocenters. The molecular formula is C20H20FN3O2. The summed E-state index contributed by atoms with van der Waals surface area (Å²) in [6.45, 7) is 3.08. The standard InChI is InChI=1S/C20H20FN3O2/c21-16-5-7-17(8-6-16)23-9-11-24(12-10-23)20(25)22-14-18-13-15-3-1-2-4-19(15)26-18/h1-8,13H,9-12,14H2,(H,22,25). The van der Waals surface area contributed by atoms with Gasteiger partial charge in [-0.15, -0.1) is 0 Å². The number of hydrogen-bond donors (Lipinski definition) is 1. The number of nitrogens with zero attached hydrogens (tertiary/aromatic N) is 2. The van der Waals surface area contributed by atoms with Gasteiger partial charge in [0.05, 0.1) is 6.54 Å². The second kappa shape index (κ2) is 7.07. The first-order valence-corrected chi connectivity index (χ1v) is 8.70. The molecule has 4 rings (SSSR count). The van der Waals surface area contributed by atoms with Gasteiger partial charge in [-0.05, 0) is 36.4 Å². The van der Waals surface area contributed by atoms with Crippen LogP contribution in [-0.4, -0.2) is 37.1 Å². The fourth-order valence-corrected chi connectivity index (χ4v) is 3.22. The third kappa shape index (κ3) is 3.49. The lowest BCUT2D eigenvalue weighted by Crippen LogP contribution is -2.51. The van der Waals surface area contributed by atoms with Crippen molar-refractivity contribution in [2.75, 3.05) is 31.1 Å². The van der Waals surface area contributed by atoms with Crippen molar-refractivity contribution < 1.29 is 13.6 Å². The lowest BCUT2D eigenvalue weighted by Gasteiger charge is -2.36. The quantitative estimate of drug-likeness (QED) is 0.783. The molecule has 1 fully saturated rings. The van der Waals surface area contributed by atoms with Gasteiger partial charge in [-0.25, -0.2) is 9.18 Å². The van der Waals surface area contributed by atoms with Crippen LogP contribution < -0.4 is 10.2 Å². The highest BCUT2D eigenvalue weighted by Crippen LogP contribution is 2.19. The molecule has 1 N–H and O–H groups in total. The van der Waals surface area contributed by atoms with Crippen molar-refractivity contribution in [3.63, 3.8) is 0 Å². The van der Waals surface area contributed by atoms with E-state index in [0.717, 1.165) is 35.5 Å². The number of carbonyl (C=O) groups excluding carboxylic acids is 1. The van der Waals surface area contributed by atoms with E-state index >= 15 is 0 Å². The van der Waals surface area contributed by atoms with E-state index in [4.69, 9.17) is 4.42 Å². The van der Waals surface area contributed by atoms with Gasteiger partial charge in [-0.1, -0.05) is 18.2 Å². The number of benzene rings is 2. The molecular weight excluding hydrogens is 333 g/mol. The predicted molar refractivity (Wildman–Crippen MR) is 98.6 cm³/mol. The van der Waals surface area contributed by atoms with E-state index in [9.17, 15) is 9.18 Å². The molecule has 3 aromatic rings. The van der Waals surface area contributed by atoms with E-state index in [1.54, 1.807) is 17.0 Å². The van der Waals surface area contributed by atoms with Crippen LogP contribution in [0.15, 0.2) is 59.0 Å². The number of amides is 2. The molecule has 2 amide bonds. The van der Waals surface area contributed by atoms with Crippen molar-refractivity contribution in [3.05, 3.63) is 66.2 Å². The SMILES string of the molecule is O=C(NCc1cc2ccccc2o1)N1CCN(c2ccc(F)cc2)CC1. The maximum absolute atomic E-state index is 13.0. The summed E-state index contributed by atoms with van der Waals surface area (Å²) < 4.78 is 18.7. The van der Waals surface area contributed by atoms with Crippen molar-refractivity contribution in [2.45, 2.75) is 6.54 Å². The second-order valence-electron chi connectivity index (χ2n) is 6.36. The van der Waals surface area contributed by atoms with Gasteiger partial charge in [0.2, 0.25) is 0 Å². The number of rotatable bonds is 3. The number of fused-ring (bicyclic) bond motifs is 1. The summed E-state index contributed by atoms with van der Waals surface area (Å²) in [6.07, 6.45) is 0. The topological polar surface area (TPSA) is 48.7 Å². The Hall–Kier alpha value is -3.02. The van der Waals surface area contributed by atoms with Crippen molar-refractivity contribution >= 4 is 22.7 Å². The Bertz CT molecular complexity index is 866. The summed E-state index contributed by atoms with van der Waals surface area (Å²) in [4.78, 5) is 16.3. The van der Waals surface area contributed by atoms with Gasteiger partial charge >= 0.3 is 6.03 Å². The predicted octanol–water partition coefficient (Wildman–Crippen LogP) is 3.60. The summed E-state index contributed by atoms with van der Waals surface area (Å²) in [5.74, 6) is 0.502. The van der Waals surface area contributed by atoms with Crippen LogP contribution in [0.2, 0.25) is 0 Å². The summed E-state index contributed by atoms with van der Waals surface area (Å²) in [5, 5.41) is 3.95. The van der Waals surface area contributed by atoms with Crippen LogP contribution in [0.4, 0.5) is 14.9 Å². The fourth-order valence-electron chi connectivity index (χ4n) is 3.22. The Labute approximate surface area is 151 Å². The highest BCUT2D eigenvalue weighted by molar-refractivity contribution is 5.78. The minimum Gasteiger partial charge on any atom is -0.459 e. The minimum absolute atomic E-state index is 0.0933. The normalized spacial score (nSPS) is 14.7. The van der Waals surface area contributed by atoms with E-state index in [-0.39, 0.29) is 11.8 Å². The zero-order valence-corrected chi connectivity index (χ0v) is 14.3. The van der Waals surface area contributed by atoms with Crippen molar-refractivity contribution in [2.24, 2.45) is 0 Å². The molecule has 1 aliphatic rings. The summed E-state index contributed by atoms with van der Waals surface area (Å²) in [5.41, 5.74) is 1.80. The highest BCUT2D eigenvalue weighted by Gasteiger charge is 2.21. The first-order valence-electron chi connectivity index (χ1n) is 8.70. The van der Waals surface area contributed by atoms with Crippen LogP contribution in [0.1, 0.15) is 5.76 Å². The maximum atomic E-state index is 13.0. The molecule has 1 aromatic heterocycles. The van der Waals surface area contributed by atoms with Gasteiger partial charge in [0.25, 0.3) is 0 Å². The van der Waals surface area contributed by atoms with Gasteiger partial charge in [0.1, 0.15) is 17.2 Å². The Kier molecular flexibility index (Phi) is 4.48. The third-order valence-electron chi connectivity index (χ3n) is 4.65. The van der Waals surface area contributed by atoms with Crippen LogP contribution >= 0.6 is 0 Å². The second-order valence-corrected chi connectivity index (χ2v) is 6.36. The van der Waals surface area contributed by atoms with Crippen LogP contribution in [0, 0.1) is 5.82 Å². The van der Waals surface area contributed by atoms with E-state index in [1.807, 2.05) is 30.3 Å². The highest BCUT2D eigenvalue weighted by atomic mass is 19.1. The third-order valence-corrected chi connectivity index (χ3v) is 4.65. The number of urea groups is 1. The molecule has 2 aromatic carbocycles. The molecule has 6 heteroatoms. The summed E-state index contributed by atoms with van der Waals surface area (Å²) >= 11 is 0.